The minimum atomic E-state index is 0. The largest absolute Gasteiger partial charge is 0.412 e. The first kappa shape index (κ1) is 424. The van der Waals surface area contributed by atoms with Gasteiger partial charge in [-0.3, -0.25) is 11.7 Å². The summed E-state index contributed by atoms with van der Waals surface area (Å²) in [6.45, 7) is 0. The second-order valence-electron chi connectivity index (χ2n) is 0. The maximum atomic E-state index is 4.00. The normalized spacial score (nSPS) is 0.857. The zero-order valence-electron chi connectivity index (χ0n) is 3.65. The van der Waals surface area contributed by atoms with Gasteiger partial charge in [-0.1, -0.05) is 0 Å². The summed E-state index contributed by atoms with van der Waals surface area (Å²) in [5.74, 6) is 8.00. The number of rotatable bonds is 0. The van der Waals surface area contributed by atoms with Crippen LogP contribution in [0.3, 0.4) is 0 Å². The van der Waals surface area contributed by atoms with E-state index in [2.05, 4.69) is 11.7 Å². The summed E-state index contributed by atoms with van der Waals surface area (Å²) >= 11 is 0. The Hall–Kier alpha value is -0.280. The molecule has 0 unspecified atom stereocenters. The van der Waals surface area contributed by atoms with Crippen LogP contribution in [0.4, 0.5) is 0 Å². The highest BCUT2D eigenvalue weighted by molar-refractivity contribution is 3.26. The molecule has 7 nitrogen and oxygen atoms in total. The lowest BCUT2D eigenvalue weighted by atomic mass is 13.0. The summed E-state index contributed by atoms with van der Waals surface area (Å²) in [7, 11) is 0. The van der Waals surface area contributed by atoms with Crippen molar-refractivity contribution >= 4 is 0 Å². The Balaban J connectivity index is -0.000000000500. The van der Waals surface area contributed by atoms with Crippen LogP contribution in [-0.2, 0) is 0 Å². The Morgan fingerprint density at radius 2 is 0.429 bits per heavy atom. The highest BCUT2D eigenvalue weighted by Gasteiger charge is 0.726. The van der Waals surface area contributed by atoms with Crippen molar-refractivity contribution in [2.75, 3.05) is 0 Å². The van der Waals surface area contributed by atoms with E-state index in [4.69, 9.17) is 0 Å². The van der Waals surface area contributed by atoms with Gasteiger partial charge in [0.05, 0.1) is 0 Å². The minimum absolute atomic E-state index is 0. The van der Waals surface area contributed by atoms with Crippen molar-refractivity contribution in [1.29, 1.82) is 0 Å². The van der Waals surface area contributed by atoms with Gasteiger partial charge in [-0.05, 0) is 0 Å². The smallest absolute Gasteiger partial charge is 0.274 e. The fourth-order valence-corrected chi connectivity index (χ4v) is 0. The van der Waals surface area contributed by atoms with E-state index in [1.165, 1.54) is 0 Å². The van der Waals surface area contributed by atoms with Crippen molar-refractivity contribution in [3.63, 3.8) is 0 Å². The molecule has 54 valence electrons. The second-order valence-corrected chi connectivity index (χ2v) is 0. The first-order valence-corrected chi connectivity index (χ1v) is 0.333. The fraction of sp³-hybridized carbons (Fsp3) is 0. The third kappa shape index (κ3) is 1010. The molecule has 0 atom stereocenters. The summed E-state index contributed by atoms with van der Waals surface area (Å²) in [6.07, 6.45) is 0. The zero-order chi connectivity index (χ0) is 2.00. The van der Waals surface area contributed by atoms with Crippen molar-refractivity contribution in [1.82, 2.24) is 0 Å². The molecule has 0 aliphatic carbocycles. The van der Waals surface area contributed by atoms with E-state index in [1.54, 1.807) is 0 Å². The molecule has 0 aliphatic rings. The van der Waals surface area contributed by atoms with Gasteiger partial charge in [-0.2, -0.15) is 0 Å². The first-order chi connectivity index (χ1) is 1.00. The molecule has 7 heteroatoms. The first-order valence-electron chi connectivity index (χ1n) is 0.333. The monoisotopic (exact) mass is 122 g/mol. The number of hydrogen-bond donors (Lipinski definition) is 2. The predicted octanol–water partition coefficient (Wildman–Crippen LogP) is -5.30. The van der Waals surface area contributed by atoms with E-state index in [9.17, 15) is 0 Å². The topological polar surface area (TPSA) is 210 Å². The van der Waals surface area contributed by atoms with Gasteiger partial charge >= 0.3 is 0 Å². The van der Waals surface area contributed by atoms with E-state index in [1.807, 2.05) is 0 Å². The summed E-state index contributed by atoms with van der Waals surface area (Å²) in [5.41, 5.74) is 0. The SMILES string of the molecule is NN.O.O.O.O.O. The van der Waals surface area contributed by atoms with Crippen LogP contribution in [0.25, 0.3) is 0 Å². The quantitative estimate of drug-likeness (QED) is 0.238. The van der Waals surface area contributed by atoms with Gasteiger partial charge < -0.3 is 27.4 Å². The molecule has 0 aliphatic heterocycles. The Kier molecular flexibility index (Phi) is 98500. The third-order valence-electron chi connectivity index (χ3n) is 0. The van der Waals surface area contributed by atoms with Crippen LogP contribution in [0.15, 0.2) is 0 Å². The van der Waals surface area contributed by atoms with E-state index in [-0.39, 0.29) is 27.4 Å². The van der Waals surface area contributed by atoms with Crippen LogP contribution in [-0.4, -0.2) is 27.4 Å². The summed E-state index contributed by atoms with van der Waals surface area (Å²) in [6, 6.07) is 0. The van der Waals surface area contributed by atoms with Gasteiger partial charge in [0.1, 0.15) is 0 Å². The van der Waals surface area contributed by atoms with Crippen LogP contribution in [0.5, 0.6) is 0 Å². The number of nitrogens with two attached hydrogens (primary N) is 2. The van der Waals surface area contributed by atoms with Gasteiger partial charge in [0.2, 0.25) is 0 Å². The Morgan fingerprint density at radius 3 is 0.429 bits per heavy atom. The van der Waals surface area contributed by atoms with Gasteiger partial charge in [-0.25, -0.2) is 0 Å². The standard InChI is InChI=1S/H4N2.5H2O/c1-2;;;;;/h1-2H2;5*1H2. The molecule has 0 saturated heterocycles. The van der Waals surface area contributed by atoms with Gasteiger partial charge in [-0.15, -0.1) is 0 Å². The number of hydrogen-bond acceptors (Lipinski definition) is 2. The molecule has 7 heavy (non-hydrogen) atoms. The molecular weight excluding hydrogens is 108 g/mol. The Bertz CT molecular complexity index is 6.04. The molecule has 0 bridgehead atoms. The van der Waals surface area contributed by atoms with Gasteiger partial charge in [0, 0.05) is 0 Å². The van der Waals surface area contributed by atoms with E-state index < -0.39 is 0 Å². The Morgan fingerprint density at radius 1 is 0.429 bits per heavy atom. The van der Waals surface area contributed by atoms with Crippen molar-refractivity contribution in [3.05, 3.63) is 0 Å². The van der Waals surface area contributed by atoms with Crippen LogP contribution in [0.1, 0.15) is 0 Å². The molecule has 14 N–H and O–H groups in total. The highest BCUT2D eigenvalue weighted by Crippen LogP contribution is -0.0190. The van der Waals surface area contributed by atoms with Crippen molar-refractivity contribution in [2.24, 2.45) is 11.7 Å². The molecule has 0 heterocycles. The average molecular weight is 122 g/mol. The van der Waals surface area contributed by atoms with E-state index in [0.717, 1.165) is 0 Å². The predicted molar refractivity (Wildman–Crippen MR) is 26.4 cm³/mol. The number of hydrazine groups is 1. The zero-order valence-corrected chi connectivity index (χ0v) is 3.65. The third-order valence-corrected chi connectivity index (χ3v) is 0. The van der Waals surface area contributed by atoms with Crippen LogP contribution in [0, 0.1) is 0 Å². The van der Waals surface area contributed by atoms with Crippen LogP contribution in [0.2, 0.25) is 0 Å². The second kappa shape index (κ2) is 1630. The van der Waals surface area contributed by atoms with Crippen molar-refractivity contribution < 1.29 is 27.4 Å². The minimum Gasteiger partial charge on any atom is -0.412 e. The summed E-state index contributed by atoms with van der Waals surface area (Å²) in [5, 5.41) is 0. The maximum absolute atomic E-state index is 4.00. The lowest BCUT2D eigenvalue weighted by molar-refractivity contribution is 0.823. The highest BCUT2D eigenvalue weighted by atomic mass is 16.0. The van der Waals surface area contributed by atoms with Crippen molar-refractivity contribution in [2.45, 2.75) is 0 Å². The lowest BCUT2D eigenvalue weighted by Gasteiger charge is -1.27. The Labute approximate surface area is 40.4 Å². The molecule has 0 rings (SSSR count). The molecule has 0 aromatic rings. The van der Waals surface area contributed by atoms with Crippen LogP contribution >= 0.6 is 0 Å². The van der Waals surface area contributed by atoms with Gasteiger partial charge in [0.25, 0.3) is 0 Å². The van der Waals surface area contributed by atoms with E-state index >= 15 is 0 Å². The lowest BCUT2D eigenvalue weighted by Crippen LogP contribution is -2.02. The van der Waals surface area contributed by atoms with Crippen molar-refractivity contribution in [3.8, 4) is 0 Å². The summed E-state index contributed by atoms with van der Waals surface area (Å²) in [4.78, 5) is 0. The van der Waals surface area contributed by atoms with Crippen LogP contribution < -0.4 is 11.7 Å². The van der Waals surface area contributed by atoms with E-state index in [0.29, 0.717) is 0 Å². The molecule has 0 amide bonds. The molecule has 0 aromatic carbocycles. The molecule has 0 aromatic heterocycles. The average Bonchev–Trinajstić information content (AvgIpc) is 1.00. The molecule has 0 fully saturated rings. The molecular formula is H14N2O5. The maximum Gasteiger partial charge on any atom is -0.274 e. The van der Waals surface area contributed by atoms with Gasteiger partial charge in [0.15, 0.2) is 0 Å². The summed E-state index contributed by atoms with van der Waals surface area (Å²) < 4.78 is 0. The molecule has 0 spiro atoms. The fourth-order valence-electron chi connectivity index (χ4n) is 0. The molecule has 0 radical (unpaired) electrons. The molecule has 0 saturated carbocycles.